The monoisotopic (exact) mass is 328 g/mol. The largest absolute Gasteiger partial charge is 0.491 e. The zero-order valence-corrected chi connectivity index (χ0v) is 14.4. The van der Waals surface area contributed by atoms with Crippen LogP contribution in [0.1, 0.15) is 12.5 Å². The highest BCUT2D eigenvalue weighted by molar-refractivity contribution is 7.98. The van der Waals surface area contributed by atoms with Gasteiger partial charge in [-0.25, -0.2) is 0 Å². The molecule has 0 aliphatic heterocycles. The van der Waals surface area contributed by atoms with E-state index in [0.717, 1.165) is 11.3 Å². The number of thiocarbonyl (C=S) groups is 1. The molecule has 0 aliphatic carbocycles. The lowest BCUT2D eigenvalue weighted by molar-refractivity contribution is 0.0684. The molecule has 0 spiro atoms. The van der Waals surface area contributed by atoms with Crippen molar-refractivity contribution < 1.29 is 9.84 Å². The van der Waals surface area contributed by atoms with Crippen LogP contribution in [0.15, 0.2) is 24.3 Å². The SMILES string of the molecule is CSCC(C)N(C)CC(O)COc1ccc(C(N)=S)cc1. The van der Waals surface area contributed by atoms with Gasteiger partial charge in [0.25, 0.3) is 0 Å². The van der Waals surface area contributed by atoms with E-state index in [-0.39, 0.29) is 6.61 Å². The predicted molar refractivity (Wildman–Crippen MR) is 94.3 cm³/mol. The van der Waals surface area contributed by atoms with Gasteiger partial charge in [-0.15, -0.1) is 0 Å². The van der Waals surface area contributed by atoms with E-state index in [9.17, 15) is 5.11 Å². The third-order valence-electron chi connectivity index (χ3n) is 3.24. The highest BCUT2D eigenvalue weighted by atomic mass is 32.2. The van der Waals surface area contributed by atoms with Crippen LogP contribution in [-0.4, -0.2) is 59.3 Å². The molecular weight excluding hydrogens is 304 g/mol. The zero-order chi connectivity index (χ0) is 15.8. The fourth-order valence-electron chi connectivity index (χ4n) is 1.84. The first-order chi connectivity index (χ1) is 9.93. The summed E-state index contributed by atoms with van der Waals surface area (Å²) in [6.07, 6.45) is 1.56. The summed E-state index contributed by atoms with van der Waals surface area (Å²) in [5.41, 5.74) is 6.35. The Morgan fingerprint density at radius 3 is 2.57 bits per heavy atom. The molecule has 1 rings (SSSR count). The fourth-order valence-corrected chi connectivity index (χ4v) is 2.71. The van der Waals surface area contributed by atoms with Crippen molar-refractivity contribution in [3.05, 3.63) is 29.8 Å². The summed E-state index contributed by atoms with van der Waals surface area (Å²) in [5.74, 6) is 1.75. The standard InChI is InChI=1S/C15H24N2O2S2/c1-11(10-21-3)17(2)8-13(18)9-19-14-6-4-12(5-7-14)15(16)20/h4-7,11,13,18H,8-10H2,1-3H3,(H2,16,20). The van der Waals surface area contributed by atoms with Crippen LogP contribution in [0.25, 0.3) is 0 Å². The number of aliphatic hydroxyl groups excluding tert-OH is 1. The molecule has 0 fully saturated rings. The third kappa shape index (κ3) is 6.65. The second-order valence-corrected chi connectivity index (χ2v) is 6.45. The van der Waals surface area contributed by atoms with Gasteiger partial charge in [-0.1, -0.05) is 12.2 Å². The molecule has 6 heteroatoms. The number of benzene rings is 1. The Bertz CT molecular complexity index is 440. The van der Waals surface area contributed by atoms with Crippen LogP contribution in [-0.2, 0) is 0 Å². The fraction of sp³-hybridized carbons (Fsp3) is 0.533. The van der Waals surface area contributed by atoms with E-state index in [1.165, 1.54) is 0 Å². The van der Waals surface area contributed by atoms with Crippen molar-refractivity contribution in [2.75, 3.05) is 32.2 Å². The van der Waals surface area contributed by atoms with Gasteiger partial charge in [-0.2, -0.15) is 11.8 Å². The third-order valence-corrected chi connectivity index (χ3v) is 4.29. The number of nitrogens with zero attached hydrogens (tertiary/aromatic N) is 1. The summed E-state index contributed by atoms with van der Waals surface area (Å²) >= 11 is 6.70. The van der Waals surface area contributed by atoms with Crippen molar-refractivity contribution in [1.82, 2.24) is 4.90 Å². The molecule has 0 saturated carbocycles. The molecule has 0 aliphatic rings. The highest BCUT2D eigenvalue weighted by Gasteiger charge is 2.14. The van der Waals surface area contributed by atoms with E-state index in [1.54, 1.807) is 23.9 Å². The summed E-state index contributed by atoms with van der Waals surface area (Å²) in [4.78, 5) is 2.51. The van der Waals surface area contributed by atoms with Gasteiger partial charge in [0.05, 0.1) is 0 Å². The minimum absolute atomic E-state index is 0.267. The molecular formula is C15H24N2O2S2. The molecule has 0 amide bonds. The average Bonchev–Trinajstić information content (AvgIpc) is 2.45. The normalized spacial score (nSPS) is 14.0. The Hall–Kier alpha value is -0.820. The van der Waals surface area contributed by atoms with E-state index >= 15 is 0 Å². The number of rotatable bonds is 9. The number of hydrogen-bond donors (Lipinski definition) is 2. The predicted octanol–water partition coefficient (Wildman–Crippen LogP) is 1.74. The van der Waals surface area contributed by atoms with Crippen LogP contribution < -0.4 is 10.5 Å². The Kier molecular flexibility index (Phi) is 8.03. The minimum atomic E-state index is -0.519. The van der Waals surface area contributed by atoms with Gasteiger partial charge in [-0.05, 0) is 44.5 Å². The van der Waals surface area contributed by atoms with Crippen molar-refractivity contribution >= 4 is 29.0 Å². The number of thioether (sulfide) groups is 1. The lowest BCUT2D eigenvalue weighted by Crippen LogP contribution is -2.39. The first kappa shape index (κ1) is 18.2. The van der Waals surface area contributed by atoms with Gasteiger partial charge in [0.1, 0.15) is 23.4 Å². The Morgan fingerprint density at radius 2 is 2.05 bits per heavy atom. The molecule has 0 saturated heterocycles. The zero-order valence-electron chi connectivity index (χ0n) is 12.8. The van der Waals surface area contributed by atoms with Gasteiger partial charge in [0.15, 0.2) is 0 Å². The van der Waals surface area contributed by atoms with E-state index in [1.807, 2.05) is 19.2 Å². The Labute approximate surface area is 136 Å². The Morgan fingerprint density at radius 1 is 1.43 bits per heavy atom. The number of ether oxygens (including phenoxy) is 1. The lowest BCUT2D eigenvalue weighted by atomic mass is 10.2. The molecule has 1 aromatic rings. The molecule has 4 nitrogen and oxygen atoms in total. The van der Waals surface area contributed by atoms with E-state index < -0.39 is 6.10 Å². The second-order valence-electron chi connectivity index (χ2n) is 5.10. The molecule has 2 unspecified atom stereocenters. The van der Waals surface area contributed by atoms with Gasteiger partial charge in [0, 0.05) is 23.9 Å². The molecule has 118 valence electrons. The van der Waals surface area contributed by atoms with Crippen LogP contribution in [0.3, 0.4) is 0 Å². The maximum atomic E-state index is 10.0. The number of likely N-dealkylation sites (N-methyl/N-ethyl adjacent to an activating group) is 1. The van der Waals surface area contributed by atoms with Crippen molar-refractivity contribution in [3.8, 4) is 5.75 Å². The number of nitrogens with two attached hydrogens (primary N) is 1. The minimum Gasteiger partial charge on any atom is -0.491 e. The topological polar surface area (TPSA) is 58.7 Å². The van der Waals surface area contributed by atoms with Gasteiger partial charge in [-0.3, -0.25) is 0 Å². The smallest absolute Gasteiger partial charge is 0.119 e. The highest BCUT2D eigenvalue weighted by Crippen LogP contribution is 2.13. The van der Waals surface area contributed by atoms with Crippen LogP contribution in [0.4, 0.5) is 0 Å². The first-order valence-electron chi connectivity index (χ1n) is 6.84. The molecule has 1 aromatic carbocycles. The lowest BCUT2D eigenvalue weighted by Gasteiger charge is -2.26. The number of aliphatic hydroxyl groups is 1. The summed E-state index contributed by atoms with van der Waals surface area (Å²) in [7, 11) is 2.01. The van der Waals surface area contributed by atoms with Crippen molar-refractivity contribution in [2.24, 2.45) is 5.73 Å². The number of hydrogen-bond acceptors (Lipinski definition) is 5. The summed E-state index contributed by atoms with van der Waals surface area (Å²) < 4.78 is 5.58. The molecule has 0 aromatic heterocycles. The summed E-state index contributed by atoms with van der Waals surface area (Å²) in [5, 5.41) is 10.0. The summed E-state index contributed by atoms with van der Waals surface area (Å²) in [6, 6.07) is 7.68. The van der Waals surface area contributed by atoms with E-state index in [4.69, 9.17) is 22.7 Å². The van der Waals surface area contributed by atoms with Crippen molar-refractivity contribution in [3.63, 3.8) is 0 Å². The van der Waals surface area contributed by atoms with E-state index in [0.29, 0.717) is 23.3 Å². The van der Waals surface area contributed by atoms with Crippen LogP contribution in [0, 0.1) is 0 Å². The van der Waals surface area contributed by atoms with Crippen LogP contribution in [0.5, 0.6) is 5.75 Å². The van der Waals surface area contributed by atoms with Crippen LogP contribution in [0.2, 0.25) is 0 Å². The maximum Gasteiger partial charge on any atom is 0.119 e. The van der Waals surface area contributed by atoms with Gasteiger partial charge < -0.3 is 20.5 Å². The second kappa shape index (κ2) is 9.25. The Balaban J connectivity index is 2.38. The molecule has 2 atom stereocenters. The molecule has 0 radical (unpaired) electrons. The molecule has 0 bridgehead atoms. The molecule has 21 heavy (non-hydrogen) atoms. The van der Waals surface area contributed by atoms with E-state index in [2.05, 4.69) is 18.1 Å². The maximum absolute atomic E-state index is 10.0. The average molecular weight is 329 g/mol. The van der Waals surface area contributed by atoms with Crippen molar-refractivity contribution in [1.29, 1.82) is 0 Å². The van der Waals surface area contributed by atoms with Crippen LogP contribution >= 0.6 is 24.0 Å². The first-order valence-corrected chi connectivity index (χ1v) is 8.64. The summed E-state index contributed by atoms with van der Waals surface area (Å²) in [6.45, 7) is 3.01. The van der Waals surface area contributed by atoms with Gasteiger partial charge in [0.2, 0.25) is 0 Å². The molecule has 0 heterocycles. The van der Waals surface area contributed by atoms with Gasteiger partial charge >= 0.3 is 0 Å². The molecule has 3 N–H and O–H groups in total. The quantitative estimate of drug-likeness (QED) is 0.674. The van der Waals surface area contributed by atoms with Crippen molar-refractivity contribution in [2.45, 2.75) is 19.1 Å².